The summed E-state index contributed by atoms with van der Waals surface area (Å²) < 4.78 is 5.06. The molecule has 3 aliphatic rings. The highest BCUT2D eigenvalue weighted by atomic mass is 16.5. The molecule has 6 heteroatoms. The zero-order valence-electron chi connectivity index (χ0n) is 14.7. The van der Waals surface area contributed by atoms with E-state index in [1.165, 1.54) is 12.8 Å². The first kappa shape index (κ1) is 16.4. The Bertz CT molecular complexity index is 645. The van der Waals surface area contributed by atoms with Crippen LogP contribution in [-0.2, 0) is 4.79 Å². The average molecular weight is 342 g/mol. The minimum Gasteiger partial charge on any atom is -0.480 e. The van der Waals surface area contributed by atoms with Crippen molar-refractivity contribution < 1.29 is 9.53 Å². The van der Waals surface area contributed by atoms with Gasteiger partial charge < -0.3 is 15.0 Å². The molecule has 2 heterocycles. The van der Waals surface area contributed by atoms with Crippen molar-refractivity contribution in [1.29, 1.82) is 0 Å². The summed E-state index contributed by atoms with van der Waals surface area (Å²) in [5.74, 6) is 3.62. The Hall–Kier alpha value is -2.11. The smallest absolute Gasteiger partial charge is 0.233 e. The molecule has 1 aromatic heterocycles. The van der Waals surface area contributed by atoms with Gasteiger partial charge in [0.1, 0.15) is 0 Å². The van der Waals surface area contributed by atoms with E-state index in [4.69, 9.17) is 4.74 Å². The Morgan fingerprint density at radius 3 is 2.92 bits per heavy atom. The second-order valence-corrected chi connectivity index (χ2v) is 7.50. The minimum absolute atomic E-state index is 0.0341. The van der Waals surface area contributed by atoms with Crippen molar-refractivity contribution in [3.05, 3.63) is 24.3 Å². The summed E-state index contributed by atoms with van der Waals surface area (Å²) in [7, 11) is 1.58. The van der Waals surface area contributed by atoms with Crippen molar-refractivity contribution in [2.75, 3.05) is 31.6 Å². The number of anilines is 1. The fourth-order valence-corrected chi connectivity index (χ4v) is 4.50. The molecule has 1 N–H and O–H groups in total. The highest BCUT2D eigenvalue weighted by Crippen LogP contribution is 2.43. The van der Waals surface area contributed by atoms with Gasteiger partial charge in [0.2, 0.25) is 11.8 Å². The van der Waals surface area contributed by atoms with Gasteiger partial charge >= 0.3 is 0 Å². The molecule has 1 saturated carbocycles. The quantitative estimate of drug-likeness (QED) is 0.830. The number of methoxy groups -OCH3 is 1. The first-order valence-electron chi connectivity index (χ1n) is 9.31. The number of nitrogens with one attached hydrogen (secondary N) is 1. The van der Waals surface area contributed by atoms with E-state index in [2.05, 4.69) is 32.6 Å². The SMILES string of the molecule is COc1ccc(N2CCC[C@@H](C(=O)NC[C@@H]3C[C@H]4C=C[C@H]3C4)C2)nn1. The van der Waals surface area contributed by atoms with Crippen LogP contribution < -0.4 is 15.0 Å². The van der Waals surface area contributed by atoms with Gasteiger partial charge in [-0.1, -0.05) is 12.2 Å². The second-order valence-electron chi connectivity index (χ2n) is 7.50. The molecule has 4 atom stereocenters. The number of rotatable bonds is 5. The number of aromatic nitrogens is 2. The van der Waals surface area contributed by atoms with Crippen LogP contribution in [0.25, 0.3) is 0 Å². The third-order valence-electron chi connectivity index (χ3n) is 5.91. The molecule has 4 rings (SSSR count). The molecule has 1 aromatic rings. The summed E-state index contributed by atoms with van der Waals surface area (Å²) in [6, 6.07) is 3.72. The summed E-state index contributed by atoms with van der Waals surface area (Å²) in [4.78, 5) is 14.8. The van der Waals surface area contributed by atoms with E-state index in [0.29, 0.717) is 24.3 Å². The molecule has 0 unspecified atom stereocenters. The van der Waals surface area contributed by atoms with Crippen LogP contribution >= 0.6 is 0 Å². The standard InChI is InChI=1S/C19H26N4O2/c1-25-18-7-6-17(21-22-18)23-8-2-3-15(12-23)19(24)20-11-16-10-13-4-5-14(16)9-13/h4-7,13-16H,2-3,8-12H2,1H3,(H,20,24)/t13-,14-,15+,16-/m0/s1. The lowest BCUT2D eigenvalue weighted by atomic mass is 9.92. The van der Waals surface area contributed by atoms with Crippen LogP contribution in [0.2, 0.25) is 0 Å². The van der Waals surface area contributed by atoms with Crippen molar-refractivity contribution in [1.82, 2.24) is 15.5 Å². The van der Waals surface area contributed by atoms with E-state index in [1.54, 1.807) is 7.11 Å². The van der Waals surface area contributed by atoms with Gasteiger partial charge in [-0.05, 0) is 49.5 Å². The summed E-state index contributed by atoms with van der Waals surface area (Å²) in [5.41, 5.74) is 0. The zero-order valence-corrected chi connectivity index (χ0v) is 14.7. The topological polar surface area (TPSA) is 67.3 Å². The van der Waals surface area contributed by atoms with E-state index in [1.807, 2.05) is 12.1 Å². The lowest BCUT2D eigenvalue weighted by molar-refractivity contribution is -0.125. The maximum absolute atomic E-state index is 12.6. The predicted molar refractivity (Wildman–Crippen MR) is 95.4 cm³/mol. The summed E-state index contributed by atoms with van der Waals surface area (Å²) >= 11 is 0. The third kappa shape index (κ3) is 3.48. The minimum atomic E-state index is 0.0341. The number of piperidine rings is 1. The van der Waals surface area contributed by atoms with Gasteiger partial charge in [0.05, 0.1) is 13.0 Å². The Morgan fingerprint density at radius 1 is 1.32 bits per heavy atom. The van der Waals surface area contributed by atoms with Crippen LogP contribution in [-0.4, -0.2) is 42.8 Å². The van der Waals surface area contributed by atoms with E-state index in [9.17, 15) is 4.79 Å². The van der Waals surface area contributed by atoms with Gasteiger partial charge in [-0.3, -0.25) is 4.79 Å². The van der Waals surface area contributed by atoms with E-state index < -0.39 is 0 Å². The summed E-state index contributed by atoms with van der Waals surface area (Å²) in [6.45, 7) is 2.45. The first-order valence-corrected chi connectivity index (χ1v) is 9.31. The van der Waals surface area contributed by atoms with Crippen LogP contribution in [0.1, 0.15) is 25.7 Å². The Morgan fingerprint density at radius 2 is 2.24 bits per heavy atom. The van der Waals surface area contributed by atoms with Crippen molar-refractivity contribution >= 4 is 11.7 Å². The summed E-state index contributed by atoms with van der Waals surface area (Å²) in [6.07, 6.45) is 9.16. The molecule has 1 saturated heterocycles. The number of nitrogens with zero attached hydrogens (tertiary/aromatic N) is 3. The van der Waals surface area contributed by atoms with E-state index in [-0.39, 0.29) is 11.8 Å². The largest absolute Gasteiger partial charge is 0.480 e. The number of carbonyl (C=O) groups excluding carboxylic acids is 1. The maximum Gasteiger partial charge on any atom is 0.233 e. The summed E-state index contributed by atoms with van der Waals surface area (Å²) in [5, 5.41) is 11.5. The van der Waals surface area contributed by atoms with Gasteiger partial charge in [0, 0.05) is 25.7 Å². The molecule has 6 nitrogen and oxygen atoms in total. The molecule has 1 aliphatic heterocycles. The highest BCUT2D eigenvalue weighted by molar-refractivity contribution is 5.79. The van der Waals surface area contributed by atoms with Gasteiger partial charge in [0.25, 0.3) is 0 Å². The van der Waals surface area contributed by atoms with Gasteiger partial charge in [-0.2, -0.15) is 0 Å². The predicted octanol–water partition coefficient (Wildman–Crippen LogP) is 2.03. The lowest BCUT2D eigenvalue weighted by Crippen LogP contribution is -2.44. The number of fused-ring (bicyclic) bond motifs is 2. The van der Waals surface area contributed by atoms with Crippen LogP contribution in [0, 0.1) is 23.7 Å². The molecule has 0 aromatic carbocycles. The van der Waals surface area contributed by atoms with E-state index in [0.717, 1.165) is 37.7 Å². The Kier molecular flexibility index (Phi) is 4.59. The maximum atomic E-state index is 12.6. The molecule has 25 heavy (non-hydrogen) atoms. The number of hydrogen-bond acceptors (Lipinski definition) is 5. The van der Waals surface area contributed by atoms with Crippen molar-refractivity contribution in [2.24, 2.45) is 23.7 Å². The Balaban J connectivity index is 1.31. The van der Waals surface area contributed by atoms with Gasteiger partial charge in [-0.25, -0.2) is 0 Å². The Labute approximate surface area is 148 Å². The molecule has 134 valence electrons. The third-order valence-corrected chi connectivity index (χ3v) is 5.91. The highest BCUT2D eigenvalue weighted by Gasteiger charge is 2.36. The van der Waals surface area contributed by atoms with Crippen molar-refractivity contribution in [2.45, 2.75) is 25.7 Å². The fraction of sp³-hybridized carbons (Fsp3) is 0.632. The number of ether oxygens (including phenoxy) is 1. The van der Waals surface area contributed by atoms with Gasteiger partial charge in [-0.15, -0.1) is 10.2 Å². The second kappa shape index (κ2) is 7.02. The van der Waals surface area contributed by atoms with Gasteiger partial charge in [0.15, 0.2) is 5.82 Å². The lowest BCUT2D eigenvalue weighted by Gasteiger charge is -2.33. The normalized spacial score (nSPS) is 30.5. The first-order chi connectivity index (χ1) is 12.2. The van der Waals surface area contributed by atoms with Crippen LogP contribution in [0.15, 0.2) is 24.3 Å². The molecule has 2 fully saturated rings. The number of allylic oxidation sites excluding steroid dienone is 2. The molecule has 0 radical (unpaired) electrons. The average Bonchev–Trinajstić information content (AvgIpc) is 3.29. The van der Waals surface area contributed by atoms with Crippen LogP contribution in [0.3, 0.4) is 0 Å². The number of carbonyl (C=O) groups is 1. The van der Waals surface area contributed by atoms with Crippen molar-refractivity contribution in [3.8, 4) is 5.88 Å². The molecular weight excluding hydrogens is 316 g/mol. The van der Waals surface area contributed by atoms with Crippen LogP contribution in [0.5, 0.6) is 5.88 Å². The molecular formula is C19H26N4O2. The van der Waals surface area contributed by atoms with Crippen LogP contribution in [0.4, 0.5) is 5.82 Å². The van der Waals surface area contributed by atoms with E-state index >= 15 is 0 Å². The molecule has 1 amide bonds. The number of amides is 1. The van der Waals surface area contributed by atoms with Crippen molar-refractivity contribution in [3.63, 3.8) is 0 Å². The monoisotopic (exact) mass is 342 g/mol. The number of hydrogen-bond donors (Lipinski definition) is 1. The molecule has 0 spiro atoms. The zero-order chi connectivity index (χ0) is 17.2. The molecule has 2 aliphatic carbocycles. The fourth-order valence-electron chi connectivity index (χ4n) is 4.50. The molecule has 2 bridgehead atoms.